The van der Waals surface area contributed by atoms with Gasteiger partial charge in [-0.05, 0) is 48.5 Å². The Morgan fingerprint density at radius 3 is 2.33 bits per heavy atom. The van der Waals surface area contributed by atoms with Crippen molar-refractivity contribution >= 4 is 46.8 Å². The molecule has 2 aromatic rings. The van der Waals surface area contributed by atoms with E-state index >= 15 is 0 Å². The van der Waals surface area contributed by atoms with Gasteiger partial charge in [0.1, 0.15) is 5.75 Å². The summed E-state index contributed by atoms with van der Waals surface area (Å²) in [6.07, 6.45) is 0.0120. The standard InChI is InChI=1S/C21H20N2O6S/c1-28-16-9-5-14(6-10-16)22-18(24)12-30-17-11-19(25)23(20(17)26)15-7-3-13(4-8-15)21(27)29-2/h3-10,17H,11-12H2,1-2H3,(H,22,24)/t17-/m0/s1. The molecule has 1 saturated heterocycles. The molecule has 0 unspecified atom stereocenters. The van der Waals surface area contributed by atoms with E-state index in [9.17, 15) is 19.2 Å². The number of nitrogens with zero attached hydrogens (tertiary/aromatic N) is 1. The molecular weight excluding hydrogens is 408 g/mol. The zero-order chi connectivity index (χ0) is 21.7. The molecule has 0 spiro atoms. The largest absolute Gasteiger partial charge is 0.497 e. The molecule has 0 bridgehead atoms. The van der Waals surface area contributed by atoms with Crippen LogP contribution in [0.4, 0.5) is 11.4 Å². The average molecular weight is 428 g/mol. The van der Waals surface area contributed by atoms with Gasteiger partial charge in [0.05, 0.1) is 36.5 Å². The predicted octanol–water partition coefficient (Wildman–Crippen LogP) is 2.49. The van der Waals surface area contributed by atoms with Crippen LogP contribution in [0, 0.1) is 0 Å². The number of imide groups is 1. The number of amides is 3. The summed E-state index contributed by atoms with van der Waals surface area (Å²) in [7, 11) is 2.83. The zero-order valence-corrected chi connectivity index (χ0v) is 17.2. The van der Waals surface area contributed by atoms with E-state index < -0.39 is 11.2 Å². The Balaban J connectivity index is 1.57. The van der Waals surface area contributed by atoms with Crippen LogP contribution < -0.4 is 15.0 Å². The van der Waals surface area contributed by atoms with Gasteiger partial charge in [0, 0.05) is 12.1 Å². The molecule has 1 aliphatic rings. The third-order valence-corrected chi connectivity index (χ3v) is 5.64. The Labute approximate surface area is 177 Å². The number of carbonyl (C=O) groups is 4. The number of hydrogen-bond acceptors (Lipinski definition) is 7. The molecule has 1 atom stereocenters. The topological polar surface area (TPSA) is 102 Å². The molecule has 1 fully saturated rings. The summed E-state index contributed by atoms with van der Waals surface area (Å²) in [4.78, 5) is 49.8. The summed E-state index contributed by atoms with van der Waals surface area (Å²) in [6.45, 7) is 0. The first-order valence-electron chi connectivity index (χ1n) is 9.03. The molecule has 30 heavy (non-hydrogen) atoms. The van der Waals surface area contributed by atoms with E-state index in [1.807, 2.05) is 0 Å². The van der Waals surface area contributed by atoms with Crippen LogP contribution in [0.5, 0.6) is 5.75 Å². The maximum Gasteiger partial charge on any atom is 0.337 e. The van der Waals surface area contributed by atoms with Crippen LogP contribution in [0.15, 0.2) is 48.5 Å². The van der Waals surface area contributed by atoms with E-state index in [-0.39, 0.29) is 29.9 Å². The number of hydrogen-bond donors (Lipinski definition) is 1. The number of rotatable bonds is 7. The lowest BCUT2D eigenvalue weighted by molar-refractivity contribution is -0.121. The van der Waals surface area contributed by atoms with Crippen LogP contribution in [0.1, 0.15) is 16.8 Å². The lowest BCUT2D eigenvalue weighted by Gasteiger charge is -2.15. The first kappa shape index (κ1) is 21.4. The normalized spacial score (nSPS) is 15.8. The number of ether oxygens (including phenoxy) is 2. The highest BCUT2D eigenvalue weighted by Crippen LogP contribution is 2.30. The van der Waals surface area contributed by atoms with Gasteiger partial charge >= 0.3 is 5.97 Å². The average Bonchev–Trinajstić information content (AvgIpc) is 3.05. The molecule has 1 N–H and O–H groups in total. The SMILES string of the molecule is COC(=O)c1ccc(N2C(=O)C[C@H](SCC(=O)Nc3ccc(OC)cc3)C2=O)cc1. The second kappa shape index (κ2) is 9.45. The van der Waals surface area contributed by atoms with E-state index in [0.29, 0.717) is 22.7 Å². The monoisotopic (exact) mass is 428 g/mol. The van der Waals surface area contributed by atoms with Crippen molar-refractivity contribution in [1.82, 2.24) is 0 Å². The number of thioether (sulfide) groups is 1. The van der Waals surface area contributed by atoms with Gasteiger partial charge < -0.3 is 14.8 Å². The molecule has 1 aliphatic heterocycles. The third kappa shape index (κ3) is 4.80. The van der Waals surface area contributed by atoms with Gasteiger partial charge in [-0.1, -0.05) is 0 Å². The van der Waals surface area contributed by atoms with Gasteiger partial charge in [0.15, 0.2) is 0 Å². The minimum atomic E-state index is -0.639. The maximum absolute atomic E-state index is 12.7. The minimum absolute atomic E-state index is 0.0120. The Bertz CT molecular complexity index is 958. The van der Waals surface area contributed by atoms with E-state index in [2.05, 4.69) is 10.1 Å². The fourth-order valence-electron chi connectivity index (χ4n) is 2.92. The molecule has 3 rings (SSSR count). The van der Waals surface area contributed by atoms with Crippen molar-refractivity contribution in [2.45, 2.75) is 11.7 Å². The first-order chi connectivity index (χ1) is 14.4. The number of methoxy groups -OCH3 is 2. The van der Waals surface area contributed by atoms with Crippen molar-refractivity contribution < 1.29 is 28.7 Å². The summed E-state index contributed by atoms with van der Waals surface area (Å²) >= 11 is 1.12. The fraction of sp³-hybridized carbons (Fsp3) is 0.238. The molecule has 1 heterocycles. The van der Waals surface area contributed by atoms with Gasteiger partial charge in [-0.2, -0.15) is 0 Å². The Morgan fingerprint density at radius 2 is 1.73 bits per heavy atom. The van der Waals surface area contributed by atoms with Crippen LogP contribution >= 0.6 is 11.8 Å². The Morgan fingerprint density at radius 1 is 1.07 bits per heavy atom. The second-order valence-corrected chi connectivity index (χ2v) is 7.58. The van der Waals surface area contributed by atoms with Crippen molar-refractivity contribution in [1.29, 1.82) is 0 Å². The van der Waals surface area contributed by atoms with Gasteiger partial charge in [-0.25, -0.2) is 9.69 Å². The number of nitrogens with one attached hydrogen (secondary N) is 1. The van der Waals surface area contributed by atoms with E-state index in [4.69, 9.17) is 4.74 Å². The summed E-state index contributed by atoms with van der Waals surface area (Å²) in [5.41, 5.74) is 1.31. The van der Waals surface area contributed by atoms with Crippen LogP contribution in [-0.4, -0.2) is 48.9 Å². The summed E-state index contributed by atoms with van der Waals surface area (Å²) in [5, 5.41) is 2.10. The lowest BCUT2D eigenvalue weighted by Crippen LogP contribution is -2.31. The highest BCUT2D eigenvalue weighted by atomic mass is 32.2. The molecule has 0 radical (unpaired) electrons. The van der Waals surface area contributed by atoms with Crippen molar-refractivity contribution in [2.24, 2.45) is 0 Å². The van der Waals surface area contributed by atoms with Crippen molar-refractivity contribution in [3.8, 4) is 5.75 Å². The van der Waals surface area contributed by atoms with Crippen molar-refractivity contribution in [3.63, 3.8) is 0 Å². The number of benzene rings is 2. The van der Waals surface area contributed by atoms with Crippen LogP contribution in [0.3, 0.4) is 0 Å². The molecule has 9 heteroatoms. The summed E-state index contributed by atoms with van der Waals surface area (Å²) in [5.74, 6) is -0.794. The van der Waals surface area contributed by atoms with Gasteiger partial charge in [-0.3, -0.25) is 14.4 Å². The maximum atomic E-state index is 12.7. The number of carbonyl (C=O) groups excluding carboxylic acids is 4. The molecule has 3 amide bonds. The highest BCUT2D eigenvalue weighted by molar-refractivity contribution is 8.01. The Kier molecular flexibility index (Phi) is 6.73. The van der Waals surface area contributed by atoms with Gasteiger partial charge in [-0.15, -0.1) is 11.8 Å². The van der Waals surface area contributed by atoms with Crippen molar-refractivity contribution in [2.75, 3.05) is 30.2 Å². The van der Waals surface area contributed by atoms with Crippen LogP contribution in [-0.2, 0) is 19.1 Å². The molecule has 2 aromatic carbocycles. The molecular formula is C21H20N2O6S. The van der Waals surface area contributed by atoms with E-state index in [1.165, 1.54) is 31.4 Å². The Hall–Kier alpha value is -3.33. The van der Waals surface area contributed by atoms with Crippen LogP contribution in [0.25, 0.3) is 0 Å². The molecule has 0 aromatic heterocycles. The summed E-state index contributed by atoms with van der Waals surface area (Å²) in [6, 6.07) is 12.9. The molecule has 8 nitrogen and oxygen atoms in total. The minimum Gasteiger partial charge on any atom is -0.497 e. The first-order valence-corrected chi connectivity index (χ1v) is 10.1. The van der Waals surface area contributed by atoms with Crippen molar-refractivity contribution in [3.05, 3.63) is 54.1 Å². The van der Waals surface area contributed by atoms with E-state index in [0.717, 1.165) is 16.7 Å². The smallest absolute Gasteiger partial charge is 0.337 e. The quantitative estimate of drug-likeness (QED) is 0.534. The number of esters is 1. The zero-order valence-electron chi connectivity index (χ0n) is 16.4. The van der Waals surface area contributed by atoms with Crippen LogP contribution in [0.2, 0.25) is 0 Å². The second-order valence-electron chi connectivity index (χ2n) is 6.39. The fourth-order valence-corrected chi connectivity index (χ4v) is 3.85. The third-order valence-electron chi connectivity index (χ3n) is 4.44. The highest BCUT2D eigenvalue weighted by Gasteiger charge is 2.40. The predicted molar refractivity (Wildman–Crippen MR) is 113 cm³/mol. The van der Waals surface area contributed by atoms with Gasteiger partial charge in [0.2, 0.25) is 17.7 Å². The molecule has 0 aliphatic carbocycles. The lowest BCUT2D eigenvalue weighted by atomic mass is 10.2. The van der Waals surface area contributed by atoms with Gasteiger partial charge in [0.25, 0.3) is 0 Å². The number of anilines is 2. The molecule has 0 saturated carbocycles. The van der Waals surface area contributed by atoms with E-state index in [1.54, 1.807) is 31.4 Å². The summed E-state index contributed by atoms with van der Waals surface area (Å²) < 4.78 is 9.70. The molecule has 156 valence electrons.